The average molecular weight is 274 g/mol. The van der Waals surface area contributed by atoms with Crippen molar-refractivity contribution in [1.82, 2.24) is 20.4 Å². The van der Waals surface area contributed by atoms with Crippen molar-refractivity contribution in [2.75, 3.05) is 26.2 Å². The van der Waals surface area contributed by atoms with Crippen LogP contribution in [0.15, 0.2) is 6.07 Å². The van der Waals surface area contributed by atoms with E-state index in [0.717, 1.165) is 45.1 Å². The molecule has 2 aliphatic heterocycles. The topological polar surface area (TPSA) is 44.0 Å². The van der Waals surface area contributed by atoms with E-state index in [9.17, 15) is 13.2 Å². The molecule has 2 aliphatic rings. The molecule has 0 atom stereocenters. The Hall–Kier alpha value is -1.08. The van der Waals surface area contributed by atoms with Crippen LogP contribution in [0.25, 0.3) is 0 Å². The number of aromatic amines is 1. The highest BCUT2D eigenvalue weighted by Crippen LogP contribution is 2.35. The first-order valence-electron chi connectivity index (χ1n) is 6.52. The Labute approximate surface area is 109 Å². The van der Waals surface area contributed by atoms with Crippen molar-refractivity contribution in [1.29, 1.82) is 0 Å². The van der Waals surface area contributed by atoms with Gasteiger partial charge in [-0.25, -0.2) is 0 Å². The number of aromatic nitrogens is 2. The average Bonchev–Trinajstić information content (AvgIpc) is 2.76. The van der Waals surface area contributed by atoms with Gasteiger partial charge in [0.05, 0.1) is 0 Å². The maximum atomic E-state index is 12.4. The summed E-state index contributed by atoms with van der Waals surface area (Å²) in [5, 5.41) is 9.10. The lowest BCUT2D eigenvalue weighted by Gasteiger charge is -2.48. The van der Waals surface area contributed by atoms with E-state index in [-0.39, 0.29) is 0 Å². The van der Waals surface area contributed by atoms with Gasteiger partial charge in [0.2, 0.25) is 0 Å². The highest BCUT2D eigenvalue weighted by atomic mass is 19.4. The Kier molecular flexibility index (Phi) is 3.05. The quantitative estimate of drug-likeness (QED) is 0.861. The Balaban J connectivity index is 1.56. The molecule has 3 heterocycles. The van der Waals surface area contributed by atoms with Crippen molar-refractivity contribution >= 4 is 0 Å². The zero-order valence-electron chi connectivity index (χ0n) is 10.6. The van der Waals surface area contributed by atoms with Crippen molar-refractivity contribution in [3.63, 3.8) is 0 Å². The number of likely N-dealkylation sites (tertiary alicyclic amines) is 1. The summed E-state index contributed by atoms with van der Waals surface area (Å²) in [6.45, 7) is 4.59. The summed E-state index contributed by atoms with van der Waals surface area (Å²) in [6, 6.07) is 1.11. The maximum Gasteiger partial charge on any atom is 0.435 e. The fraction of sp³-hybridized carbons (Fsp3) is 0.750. The molecule has 1 aromatic heterocycles. The van der Waals surface area contributed by atoms with E-state index in [0.29, 0.717) is 17.7 Å². The van der Waals surface area contributed by atoms with Crippen LogP contribution in [-0.2, 0) is 12.7 Å². The zero-order valence-corrected chi connectivity index (χ0v) is 10.6. The van der Waals surface area contributed by atoms with Gasteiger partial charge in [0, 0.05) is 25.3 Å². The highest BCUT2D eigenvalue weighted by molar-refractivity contribution is 5.11. The van der Waals surface area contributed by atoms with Gasteiger partial charge in [0.1, 0.15) is 0 Å². The minimum Gasteiger partial charge on any atom is -0.316 e. The number of rotatable bonds is 2. The summed E-state index contributed by atoms with van der Waals surface area (Å²) in [6.07, 6.45) is -2.11. The normalized spacial score (nSPS) is 23.5. The van der Waals surface area contributed by atoms with Crippen molar-refractivity contribution in [2.24, 2.45) is 5.41 Å². The highest BCUT2D eigenvalue weighted by Gasteiger charge is 2.39. The molecule has 106 valence electrons. The molecule has 0 unspecified atom stereocenters. The Bertz CT molecular complexity index is 440. The molecule has 19 heavy (non-hydrogen) atoms. The van der Waals surface area contributed by atoms with Gasteiger partial charge in [-0.05, 0) is 37.4 Å². The van der Waals surface area contributed by atoms with E-state index in [1.807, 2.05) is 0 Å². The van der Waals surface area contributed by atoms with Gasteiger partial charge in [-0.1, -0.05) is 0 Å². The molecule has 0 saturated carbocycles. The minimum atomic E-state index is -4.36. The molecule has 0 bridgehead atoms. The molecule has 0 amide bonds. The molecule has 0 radical (unpaired) electrons. The van der Waals surface area contributed by atoms with E-state index in [2.05, 4.69) is 20.4 Å². The molecule has 1 aromatic rings. The third-order valence-corrected chi connectivity index (χ3v) is 4.23. The number of nitrogens with one attached hydrogen (secondary N) is 2. The Morgan fingerprint density at radius 1 is 1.26 bits per heavy atom. The van der Waals surface area contributed by atoms with E-state index in [1.165, 1.54) is 0 Å². The van der Waals surface area contributed by atoms with Gasteiger partial charge in [-0.2, -0.15) is 18.3 Å². The van der Waals surface area contributed by atoms with Crippen LogP contribution in [-0.4, -0.2) is 41.3 Å². The maximum absolute atomic E-state index is 12.4. The molecule has 1 spiro atoms. The molecule has 7 heteroatoms. The van der Waals surface area contributed by atoms with E-state index in [1.54, 1.807) is 0 Å². The van der Waals surface area contributed by atoms with E-state index >= 15 is 0 Å². The first-order valence-corrected chi connectivity index (χ1v) is 6.52. The number of hydrogen-bond donors (Lipinski definition) is 2. The van der Waals surface area contributed by atoms with E-state index in [4.69, 9.17) is 0 Å². The van der Waals surface area contributed by atoms with Crippen LogP contribution in [0.3, 0.4) is 0 Å². The standard InChI is InChI=1S/C12H17F3N4/c13-12(14,15)10-5-9(17-18-10)6-19-3-1-11(2-4-19)7-16-8-11/h5,16H,1-4,6-8H2,(H,17,18). The van der Waals surface area contributed by atoms with Crippen molar-refractivity contribution < 1.29 is 13.2 Å². The first-order chi connectivity index (χ1) is 8.97. The summed E-state index contributed by atoms with van der Waals surface area (Å²) >= 11 is 0. The number of piperidine rings is 1. The van der Waals surface area contributed by atoms with Crippen molar-refractivity contribution in [3.05, 3.63) is 17.5 Å². The monoisotopic (exact) mass is 274 g/mol. The predicted molar refractivity (Wildman–Crippen MR) is 63.4 cm³/mol. The summed E-state index contributed by atoms with van der Waals surface area (Å²) in [7, 11) is 0. The number of alkyl halides is 3. The molecule has 4 nitrogen and oxygen atoms in total. The van der Waals surface area contributed by atoms with Crippen LogP contribution in [0.1, 0.15) is 24.2 Å². The molecule has 0 aromatic carbocycles. The minimum absolute atomic E-state index is 0.460. The van der Waals surface area contributed by atoms with Crippen LogP contribution < -0.4 is 5.32 Å². The SMILES string of the molecule is FC(F)(F)c1cc(CN2CCC3(CC2)CNC3)[nH]n1. The molecule has 2 saturated heterocycles. The number of hydrogen-bond acceptors (Lipinski definition) is 3. The van der Waals surface area contributed by atoms with Crippen LogP contribution in [0, 0.1) is 5.41 Å². The smallest absolute Gasteiger partial charge is 0.316 e. The molecule has 2 N–H and O–H groups in total. The molecule has 2 fully saturated rings. The van der Waals surface area contributed by atoms with E-state index < -0.39 is 11.9 Å². The fourth-order valence-electron chi connectivity index (χ4n) is 2.85. The molecular formula is C12H17F3N4. The van der Waals surface area contributed by atoms with Crippen LogP contribution in [0.5, 0.6) is 0 Å². The molecule has 3 rings (SSSR count). The van der Waals surface area contributed by atoms with Gasteiger partial charge in [-0.15, -0.1) is 0 Å². The lowest BCUT2D eigenvalue weighted by molar-refractivity contribution is -0.141. The molecular weight excluding hydrogens is 257 g/mol. The second-order valence-corrected chi connectivity index (χ2v) is 5.66. The summed E-state index contributed by atoms with van der Waals surface area (Å²) in [5.41, 5.74) is 0.163. The summed E-state index contributed by atoms with van der Waals surface area (Å²) in [5.74, 6) is 0. The van der Waals surface area contributed by atoms with Gasteiger partial charge < -0.3 is 5.32 Å². The third-order valence-electron chi connectivity index (χ3n) is 4.23. The second-order valence-electron chi connectivity index (χ2n) is 5.66. The van der Waals surface area contributed by atoms with Gasteiger partial charge in [0.15, 0.2) is 5.69 Å². The number of nitrogens with zero attached hydrogens (tertiary/aromatic N) is 2. The third kappa shape index (κ3) is 2.62. The summed E-state index contributed by atoms with van der Waals surface area (Å²) < 4.78 is 37.3. The van der Waals surface area contributed by atoms with Crippen LogP contribution in [0.2, 0.25) is 0 Å². The fourth-order valence-corrected chi connectivity index (χ4v) is 2.85. The first kappa shape index (κ1) is 12.9. The van der Waals surface area contributed by atoms with Gasteiger partial charge in [-0.3, -0.25) is 10.00 Å². The zero-order chi connectivity index (χ0) is 13.5. The van der Waals surface area contributed by atoms with Crippen LogP contribution in [0.4, 0.5) is 13.2 Å². The lowest BCUT2D eigenvalue weighted by atomic mass is 9.73. The lowest BCUT2D eigenvalue weighted by Crippen LogP contribution is -2.58. The molecule has 0 aliphatic carbocycles. The second kappa shape index (κ2) is 4.49. The summed E-state index contributed by atoms with van der Waals surface area (Å²) in [4.78, 5) is 2.19. The Morgan fingerprint density at radius 3 is 2.42 bits per heavy atom. The van der Waals surface area contributed by atoms with Gasteiger partial charge >= 0.3 is 6.18 Å². The number of H-pyrrole nitrogens is 1. The van der Waals surface area contributed by atoms with Gasteiger partial charge in [0.25, 0.3) is 0 Å². The van der Waals surface area contributed by atoms with Crippen molar-refractivity contribution in [3.8, 4) is 0 Å². The Morgan fingerprint density at radius 2 is 1.95 bits per heavy atom. The predicted octanol–water partition coefficient (Wildman–Crippen LogP) is 1.61. The largest absolute Gasteiger partial charge is 0.435 e. The number of halogens is 3. The van der Waals surface area contributed by atoms with Crippen molar-refractivity contribution in [2.45, 2.75) is 25.6 Å². The van der Waals surface area contributed by atoms with Crippen LogP contribution >= 0.6 is 0 Å².